The predicted octanol–water partition coefficient (Wildman–Crippen LogP) is 6.48. The highest BCUT2D eigenvalue weighted by Gasteiger charge is 2.38. The van der Waals surface area contributed by atoms with Gasteiger partial charge in [0.15, 0.2) is 0 Å². The number of carbonyl (C=O) groups is 2. The summed E-state index contributed by atoms with van der Waals surface area (Å²) in [5, 5.41) is 1.75. The first-order chi connectivity index (χ1) is 14.9. The third-order valence-electron chi connectivity index (χ3n) is 6.75. The van der Waals surface area contributed by atoms with Crippen molar-refractivity contribution in [3.8, 4) is 16.9 Å². The standard InChI is InChI=1S/C26H28FNO3S/c1-14-11-17-18(26(4,5)10-9-25(17,2)3)13-16(14)21-19(31-6)8-7-15(22(21)27)12-20-23(29)28-24(30)32-20/h7-8,11-13H,9-10H2,1-6H3,(H,28,29,30)/b20-12-. The minimum atomic E-state index is -0.509. The Hall–Kier alpha value is -2.60. The molecule has 32 heavy (non-hydrogen) atoms. The summed E-state index contributed by atoms with van der Waals surface area (Å²) in [5.74, 6) is -0.550. The summed E-state index contributed by atoms with van der Waals surface area (Å²) in [6.45, 7) is 11.0. The van der Waals surface area contributed by atoms with Gasteiger partial charge in [-0.1, -0.05) is 33.8 Å². The second-order valence-electron chi connectivity index (χ2n) is 9.88. The monoisotopic (exact) mass is 453 g/mol. The number of ether oxygens (including phenoxy) is 1. The van der Waals surface area contributed by atoms with E-state index in [1.54, 1.807) is 12.1 Å². The lowest BCUT2D eigenvalue weighted by atomic mass is 9.62. The number of thioether (sulfide) groups is 1. The van der Waals surface area contributed by atoms with Crippen LogP contribution in [0, 0.1) is 12.7 Å². The lowest BCUT2D eigenvalue weighted by Crippen LogP contribution is -2.34. The van der Waals surface area contributed by atoms with Gasteiger partial charge in [-0.05, 0) is 88.9 Å². The smallest absolute Gasteiger partial charge is 0.290 e. The van der Waals surface area contributed by atoms with Gasteiger partial charge in [0.2, 0.25) is 0 Å². The van der Waals surface area contributed by atoms with Gasteiger partial charge in [-0.15, -0.1) is 0 Å². The third-order valence-corrected chi connectivity index (χ3v) is 7.56. The SMILES string of the molecule is COc1ccc(/C=C2\SC(=O)NC2=O)c(F)c1-c1cc2c(cc1C)C(C)(C)CCC2(C)C. The molecule has 4 rings (SSSR count). The van der Waals surface area contributed by atoms with E-state index in [0.29, 0.717) is 11.3 Å². The molecule has 0 unspecified atom stereocenters. The first kappa shape index (κ1) is 22.6. The van der Waals surface area contributed by atoms with Crippen LogP contribution in [0.4, 0.5) is 9.18 Å². The van der Waals surface area contributed by atoms with E-state index in [1.165, 1.54) is 24.3 Å². The number of nitrogens with one attached hydrogen (secondary N) is 1. The average Bonchev–Trinajstić information content (AvgIpc) is 3.04. The summed E-state index contributed by atoms with van der Waals surface area (Å²) in [6.07, 6.45) is 3.58. The van der Waals surface area contributed by atoms with Crippen LogP contribution in [0.15, 0.2) is 29.2 Å². The normalized spacial score (nSPS) is 20.3. The maximum Gasteiger partial charge on any atom is 0.290 e. The molecular weight excluding hydrogens is 425 g/mol. The van der Waals surface area contributed by atoms with Crippen LogP contribution in [0.5, 0.6) is 5.75 Å². The number of amides is 2. The van der Waals surface area contributed by atoms with Crippen LogP contribution in [-0.4, -0.2) is 18.3 Å². The molecule has 0 radical (unpaired) electrons. The Morgan fingerprint density at radius 3 is 2.25 bits per heavy atom. The van der Waals surface area contributed by atoms with E-state index in [1.807, 2.05) is 6.92 Å². The topological polar surface area (TPSA) is 55.4 Å². The molecule has 1 fully saturated rings. The molecule has 1 heterocycles. The molecule has 168 valence electrons. The van der Waals surface area contributed by atoms with Crippen LogP contribution in [0.2, 0.25) is 0 Å². The van der Waals surface area contributed by atoms with Crippen molar-refractivity contribution >= 4 is 29.0 Å². The number of fused-ring (bicyclic) bond motifs is 1. The molecule has 2 aliphatic rings. The summed E-state index contributed by atoms with van der Waals surface area (Å²) >= 11 is 0.774. The van der Waals surface area contributed by atoms with Gasteiger partial charge >= 0.3 is 0 Å². The molecule has 2 amide bonds. The van der Waals surface area contributed by atoms with Gasteiger partial charge in [0.25, 0.3) is 11.1 Å². The van der Waals surface area contributed by atoms with Crippen LogP contribution in [-0.2, 0) is 15.6 Å². The van der Waals surface area contributed by atoms with E-state index >= 15 is 4.39 Å². The number of hydrogen-bond donors (Lipinski definition) is 1. The molecule has 0 bridgehead atoms. The molecule has 1 aliphatic carbocycles. The van der Waals surface area contributed by atoms with E-state index in [9.17, 15) is 9.59 Å². The van der Waals surface area contributed by atoms with Crippen molar-refractivity contribution in [2.45, 2.75) is 58.3 Å². The van der Waals surface area contributed by atoms with Crippen molar-refractivity contribution in [2.24, 2.45) is 0 Å². The number of rotatable bonds is 3. The van der Waals surface area contributed by atoms with E-state index in [4.69, 9.17) is 4.74 Å². The van der Waals surface area contributed by atoms with Gasteiger partial charge in [0.05, 0.1) is 17.6 Å². The van der Waals surface area contributed by atoms with Crippen LogP contribution in [0.3, 0.4) is 0 Å². The van der Waals surface area contributed by atoms with E-state index in [-0.39, 0.29) is 21.3 Å². The van der Waals surface area contributed by atoms with Crippen molar-refractivity contribution in [3.63, 3.8) is 0 Å². The minimum Gasteiger partial charge on any atom is -0.496 e. The van der Waals surface area contributed by atoms with Crippen molar-refractivity contribution in [1.29, 1.82) is 0 Å². The number of hydrogen-bond acceptors (Lipinski definition) is 4. The van der Waals surface area contributed by atoms with Crippen LogP contribution < -0.4 is 10.1 Å². The molecule has 4 nitrogen and oxygen atoms in total. The Balaban J connectivity index is 1.93. The summed E-state index contributed by atoms with van der Waals surface area (Å²) in [6, 6.07) is 7.58. The molecule has 1 N–H and O–H groups in total. The highest BCUT2D eigenvalue weighted by Crippen LogP contribution is 2.49. The van der Waals surface area contributed by atoms with Crippen LogP contribution in [0.1, 0.15) is 62.8 Å². The van der Waals surface area contributed by atoms with Crippen LogP contribution >= 0.6 is 11.8 Å². The number of benzene rings is 2. The Morgan fingerprint density at radius 1 is 1.06 bits per heavy atom. The van der Waals surface area contributed by atoms with Crippen molar-refractivity contribution in [1.82, 2.24) is 5.32 Å². The molecular formula is C26H28FNO3S. The summed E-state index contributed by atoms with van der Waals surface area (Å²) in [5.41, 5.74) is 4.95. The Kier molecular flexibility index (Phi) is 5.48. The second-order valence-corrected chi connectivity index (χ2v) is 10.9. The Bertz CT molecular complexity index is 1180. The fourth-order valence-corrected chi connectivity index (χ4v) is 5.33. The van der Waals surface area contributed by atoms with Gasteiger partial charge in [-0.3, -0.25) is 14.9 Å². The fraction of sp³-hybridized carbons (Fsp3) is 0.385. The number of aryl methyl sites for hydroxylation is 1. The summed E-state index contributed by atoms with van der Waals surface area (Å²) in [7, 11) is 1.52. The minimum absolute atomic E-state index is 0.0183. The molecule has 1 saturated heterocycles. The van der Waals surface area contributed by atoms with Gasteiger partial charge < -0.3 is 4.74 Å². The molecule has 0 atom stereocenters. The maximum absolute atomic E-state index is 15.9. The Labute approximate surface area is 192 Å². The van der Waals surface area contributed by atoms with Gasteiger partial charge in [0, 0.05) is 5.56 Å². The predicted molar refractivity (Wildman–Crippen MR) is 128 cm³/mol. The van der Waals surface area contributed by atoms with Gasteiger partial charge in [-0.2, -0.15) is 0 Å². The number of halogens is 1. The summed E-state index contributed by atoms with van der Waals surface area (Å²) < 4.78 is 21.4. The molecule has 6 heteroatoms. The highest BCUT2D eigenvalue weighted by atomic mass is 32.2. The van der Waals surface area contributed by atoms with Gasteiger partial charge in [0.1, 0.15) is 11.6 Å². The van der Waals surface area contributed by atoms with Crippen molar-refractivity contribution in [2.75, 3.05) is 7.11 Å². The number of carbonyl (C=O) groups excluding carboxylic acids is 2. The zero-order chi connectivity index (χ0) is 23.4. The van der Waals surface area contributed by atoms with E-state index in [0.717, 1.165) is 35.7 Å². The van der Waals surface area contributed by atoms with E-state index < -0.39 is 17.0 Å². The average molecular weight is 454 g/mol. The second kappa shape index (κ2) is 7.77. The first-order valence-corrected chi connectivity index (χ1v) is 11.5. The number of imide groups is 1. The molecule has 2 aromatic carbocycles. The molecule has 0 aromatic heterocycles. The highest BCUT2D eigenvalue weighted by molar-refractivity contribution is 8.18. The number of methoxy groups -OCH3 is 1. The van der Waals surface area contributed by atoms with E-state index in [2.05, 4.69) is 45.1 Å². The lowest BCUT2D eigenvalue weighted by molar-refractivity contribution is -0.115. The molecule has 1 aliphatic heterocycles. The fourth-order valence-electron chi connectivity index (χ4n) is 4.66. The summed E-state index contributed by atoms with van der Waals surface area (Å²) in [4.78, 5) is 23.6. The Morgan fingerprint density at radius 2 is 1.69 bits per heavy atom. The van der Waals surface area contributed by atoms with Crippen molar-refractivity contribution < 1.29 is 18.7 Å². The molecule has 0 saturated carbocycles. The maximum atomic E-state index is 15.9. The first-order valence-electron chi connectivity index (χ1n) is 10.7. The largest absolute Gasteiger partial charge is 0.496 e. The molecule has 0 spiro atoms. The zero-order valence-electron chi connectivity index (χ0n) is 19.3. The van der Waals surface area contributed by atoms with Crippen LogP contribution in [0.25, 0.3) is 17.2 Å². The molecule has 2 aromatic rings. The third kappa shape index (κ3) is 3.75. The van der Waals surface area contributed by atoms with Gasteiger partial charge in [-0.25, -0.2) is 4.39 Å². The quantitative estimate of drug-likeness (QED) is 0.540. The zero-order valence-corrected chi connectivity index (χ0v) is 20.1. The lowest BCUT2D eigenvalue weighted by Gasteiger charge is -2.42. The van der Waals surface area contributed by atoms with Crippen molar-refractivity contribution in [3.05, 3.63) is 57.2 Å².